The Morgan fingerprint density at radius 1 is 1.58 bits per heavy atom. The SMILES string of the molecule is CO[C@@]1(C(=O)O)C[C@H](O)[C@@H](N)C([C@H](O)[C@@H](O)CO)O1. The highest BCUT2D eigenvalue weighted by molar-refractivity contribution is 5.76. The van der Waals surface area contributed by atoms with E-state index in [0.29, 0.717) is 0 Å². The molecule has 0 amide bonds. The van der Waals surface area contributed by atoms with Gasteiger partial charge in [0.15, 0.2) is 0 Å². The Hall–Kier alpha value is -0.810. The fourth-order valence-corrected chi connectivity index (χ4v) is 1.96. The summed E-state index contributed by atoms with van der Waals surface area (Å²) < 4.78 is 9.88. The lowest BCUT2D eigenvalue weighted by Gasteiger charge is -2.44. The van der Waals surface area contributed by atoms with Crippen molar-refractivity contribution in [2.45, 2.75) is 42.7 Å². The van der Waals surface area contributed by atoms with Gasteiger partial charge in [-0.05, 0) is 0 Å². The fourth-order valence-electron chi connectivity index (χ4n) is 1.96. The minimum Gasteiger partial charge on any atom is -0.477 e. The number of aliphatic hydroxyl groups excluding tert-OH is 4. The van der Waals surface area contributed by atoms with E-state index in [1.165, 1.54) is 0 Å². The maximum Gasteiger partial charge on any atom is 0.364 e. The van der Waals surface area contributed by atoms with Crippen LogP contribution in [0.2, 0.25) is 0 Å². The van der Waals surface area contributed by atoms with Crippen LogP contribution >= 0.6 is 0 Å². The van der Waals surface area contributed by atoms with E-state index in [-0.39, 0.29) is 0 Å². The normalized spacial score (nSPS) is 38.7. The summed E-state index contributed by atoms with van der Waals surface area (Å²) in [7, 11) is 1.07. The summed E-state index contributed by atoms with van der Waals surface area (Å²) >= 11 is 0. The summed E-state index contributed by atoms with van der Waals surface area (Å²) in [5.74, 6) is -3.65. The average Bonchev–Trinajstić information content (AvgIpc) is 2.39. The van der Waals surface area contributed by atoms with Gasteiger partial charge in [0.25, 0.3) is 5.79 Å². The first kappa shape index (κ1) is 16.2. The number of hydrogen-bond acceptors (Lipinski definition) is 8. The zero-order valence-corrected chi connectivity index (χ0v) is 10.3. The molecule has 0 bridgehead atoms. The lowest BCUT2D eigenvalue weighted by molar-refractivity contribution is -0.301. The van der Waals surface area contributed by atoms with Crippen molar-refractivity contribution in [3.63, 3.8) is 0 Å². The van der Waals surface area contributed by atoms with E-state index in [2.05, 4.69) is 0 Å². The quantitative estimate of drug-likeness (QED) is 0.301. The third-order valence-corrected chi connectivity index (χ3v) is 3.20. The van der Waals surface area contributed by atoms with Crippen LogP contribution in [0, 0.1) is 0 Å². The number of aliphatic hydroxyl groups is 4. The molecule has 9 heteroatoms. The Bertz CT molecular complexity index is 327. The van der Waals surface area contributed by atoms with Gasteiger partial charge in [0.05, 0.1) is 18.8 Å². The molecule has 19 heavy (non-hydrogen) atoms. The molecule has 112 valence electrons. The molecule has 1 saturated heterocycles. The van der Waals surface area contributed by atoms with Gasteiger partial charge in [0.1, 0.15) is 18.3 Å². The maximum absolute atomic E-state index is 11.2. The molecule has 0 saturated carbocycles. The van der Waals surface area contributed by atoms with Crippen molar-refractivity contribution in [3.05, 3.63) is 0 Å². The molecule has 1 aliphatic rings. The Morgan fingerprint density at radius 2 is 2.16 bits per heavy atom. The number of hydrogen-bond donors (Lipinski definition) is 6. The molecule has 1 rings (SSSR count). The van der Waals surface area contributed by atoms with E-state index in [1.807, 2.05) is 0 Å². The highest BCUT2D eigenvalue weighted by Gasteiger charge is 2.53. The Morgan fingerprint density at radius 3 is 2.58 bits per heavy atom. The lowest BCUT2D eigenvalue weighted by Crippen LogP contribution is -2.66. The molecule has 9 nitrogen and oxygen atoms in total. The van der Waals surface area contributed by atoms with E-state index in [1.54, 1.807) is 0 Å². The van der Waals surface area contributed by atoms with Crippen molar-refractivity contribution < 1.29 is 39.8 Å². The highest BCUT2D eigenvalue weighted by Crippen LogP contribution is 2.31. The van der Waals surface area contributed by atoms with Gasteiger partial charge in [-0.15, -0.1) is 0 Å². The minimum atomic E-state index is -2.16. The second-order valence-corrected chi connectivity index (χ2v) is 4.43. The fraction of sp³-hybridized carbons (Fsp3) is 0.900. The average molecular weight is 281 g/mol. The van der Waals surface area contributed by atoms with Gasteiger partial charge in [0.2, 0.25) is 0 Å². The molecule has 1 fully saturated rings. The molecule has 0 aromatic heterocycles. The van der Waals surface area contributed by atoms with E-state index in [4.69, 9.17) is 25.4 Å². The first-order valence-corrected chi connectivity index (χ1v) is 5.66. The van der Waals surface area contributed by atoms with Gasteiger partial charge < -0.3 is 40.7 Å². The number of rotatable bonds is 5. The van der Waals surface area contributed by atoms with Crippen LogP contribution in [0.5, 0.6) is 0 Å². The Kier molecular flexibility index (Phi) is 5.21. The second kappa shape index (κ2) is 6.09. The summed E-state index contributed by atoms with van der Waals surface area (Å²) in [5, 5.41) is 46.7. The lowest BCUT2D eigenvalue weighted by atomic mass is 9.89. The van der Waals surface area contributed by atoms with Crippen LogP contribution < -0.4 is 5.73 Å². The highest BCUT2D eigenvalue weighted by atomic mass is 16.7. The largest absolute Gasteiger partial charge is 0.477 e. The van der Waals surface area contributed by atoms with Gasteiger partial charge in [0, 0.05) is 13.5 Å². The van der Waals surface area contributed by atoms with Crippen molar-refractivity contribution in [1.29, 1.82) is 0 Å². The molecular formula is C10H19NO8. The number of carboxylic acids is 1. The molecule has 0 aromatic carbocycles. The predicted molar refractivity (Wildman–Crippen MR) is 59.9 cm³/mol. The van der Waals surface area contributed by atoms with E-state index >= 15 is 0 Å². The minimum absolute atomic E-state index is 0.418. The molecule has 0 spiro atoms. The zero-order chi connectivity index (χ0) is 14.8. The molecule has 0 aromatic rings. The molecule has 7 N–H and O–H groups in total. The van der Waals surface area contributed by atoms with Crippen LogP contribution in [0.15, 0.2) is 0 Å². The van der Waals surface area contributed by atoms with Crippen molar-refractivity contribution in [2.24, 2.45) is 5.73 Å². The van der Waals surface area contributed by atoms with Crippen molar-refractivity contribution >= 4 is 5.97 Å². The molecule has 1 heterocycles. The smallest absolute Gasteiger partial charge is 0.364 e. The maximum atomic E-state index is 11.2. The predicted octanol–water partition coefficient (Wildman–Crippen LogP) is -3.40. The van der Waals surface area contributed by atoms with Crippen molar-refractivity contribution in [3.8, 4) is 0 Å². The summed E-state index contributed by atoms with van der Waals surface area (Å²) in [6, 6.07) is -1.13. The second-order valence-electron chi connectivity index (χ2n) is 4.43. The van der Waals surface area contributed by atoms with E-state index < -0.39 is 55.2 Å². The molecule has 0 radical (unpaired) electrons. The van der Waals surface area contributed by atoms with Crippen LogP contribution in [0.25, 0.3) is 0 Å². The third-order valence-electron chi connectivity index (χ3n) is 3.20. The molecule has 0 aliphatic carbocycles. The summed E-state index contributed by atoms with van der Waals surface area (Å²) in [6.07, 6.45) is -6.37. The molecule has 1 aliphatic heterocycles. The van der Waals surface area contributed by atoms with E-state index in [9.17, 15) is 20.1 Å². The number of carbonyl (C=O) groups is 1. The number of aliphatic carboxylic acids is 1. The van der Waals surface area contributed by atoms with Crippen molar-refractivity contribution in [2.75, 3.05) is 13.7 Å². The van der Waals surface area contributed by atoms with Gasteiger partial charge in [-0.1, -0.05) is 0 Å². The number of nitrogens with two attached hydrogens (primary N) is 1. The van der Waals surface area contributed by atoms with Gasteiger partial charge in [-0.25, -0.2) is 4.79 Å². The summed E-state index contributed by atoms with van der Waals surface area (Å²) in [4.78, 5) is 11.2. The summed E-state index contributed by atoms with van der Waals surface area (Å²) in [5.41, 5.74) is 5.62. The van der Waals surface area contributed by atoms with Crippen LogP contribution in [0.4, 0.5) is 0 Å². The van der Waals surface area contributed by atoms with Gasteiger partial charge >= 0.3 is 5.97 Å². The molecular weight excluding hydrogens is 262 g/mol. The number of carboxylic acid groups (broad SMARTS) is 1. The van der Waals surface area contributed by atoms with Crippen LogP contribution in [-0.2, 0) is 14.3 Å². The third kappa shape index (κ3) is 3.03. The standard InChI is InChI=1S/C10H19NO8/c1-18-10(9(16)17)2-4(13)6(11)8(19-10)7(15)5(14)3-12/h4-8,12-15H,2-3,11H2,1H3,(H,16,17)/t4-,5-,6+,7+,8?,10-/m0/s1. The zero-order valence-electron chi connectivity index (χ0n) is 10.3. The Labute approximate surface area is 109 Å². The molecule has 1 unspecified atom stereocenters. The molecule has 6 atom stereocenters. The van der Waals surface area contributed by atoms with E-state index in [0.717, 1.165) is 7.11 Å². The van der Waals surface area contributed by atoms with Crippen molar-refractivity contribution in [1.82, 2.24) is 0 Å². The topological polar surface area (TPSA) is 163 Å². The van der Waals surface area contributed by atoms with Crippen LogP contribution in [0.3, 0.4) is 0 Å². The van der Waals surface area contributed by atoms with Gasteiger partial charge in [-0.3, -0.25) is 0 Å². The first-order valence-electron chi connectivity index (χ1n) is 5.66. The monoisotopic (exact) mass is 281 g/mol. The first-order chi connectivity index (χ1) is 8.79. The van der Waals surface area contributed by atoms with Gasteiger partial charge in [-0.2, -0.15) is 0 Å². The number of methoxy groups -OCH3 is 1. The van der Waals surface area contributed by atoms with Crippen LogP contribution in [0.1, 0.15) is 6.42 Å². The van der Waals surface area contributed by atoms with Crippen LogP contribution in [-0.4, -0.2) is 81.5 Å². The summed E-state index contributed by atoms with van der Waals surface area (Å²) in [6.45, 7) is -0.767. The Balaban J connectivity index is 2.99. The number of ether oxygens (including phenoxy) is 2.